The van der Waals surface area contributed by atoms with Crippen LogP contribution in [0.2, 0.25) is 0 Å². The fourth-order valence-electron chi connectivity index (χ4n) is 16.8. The van der Waals surface area contributed by atoms with Gasteiger partial charge >= 0.3 is 11.9 Å². The molecule has 6 heterocycles. The number of allylic oxidation sites excluding steroid dienone is 4. The van der Waals surface area contributed by atoms with Crippen LogP contribution in [0.15, 0.2) is 326 Å². The standard InChI is InChI=1S/C35H33NO3.C28H26O4.C25H25NO3S.C22H22O6/c1-2-24-12-14-26(15-13-24)23-38-34-21-29(20-33(39-34)35(37)36-22-25-8-4-3-5-9-25)27-16-17-32-30(18-27)19-28-10-6-7-11-31(28)32;1-2-18-7-9-19(10-8-18)17-31-27-16-22(15-26(32-27)28(29)30)20-11-12-25-23(13-20)14-21-5-3-4-6-24(21)25;1-2-18-10-12-19(13-11-18)17-28-24-16-20(23-9-6-14-30-23)15-22(29-24)25(27)26-21-7-4-3-5-8-21;1-2-14-3-5-15(6-4-14)12-25-21-11-17(10-20(28-21)22(23)24)16-7-8-18-19(9-16)27-13-26-18/h3-18,20,29,34H,2,19,21-23H2,1H3,(H,36,37);3-13,15,22,27H,2,14,16-17H2,1H3,(H,29,30);3-15,20,24H,2,16-17H2,1H3,(H,26,27);3-10,17,21H,2,11-13H2,1H3,(H,23,24)/t29-,34+;22-,27+;20-,24+;17-,21+/m0000/s1. The molecule has 8 atom stereocenters. The van der Waals surface area contributed by atoms with E-state index in [0.717, 1.165) is 83.2 Å². The molecule has 0 radical (unpaired) electrons. The summed E-state index contributed by atoms with van der Waals surface area (Å²) in [6.45, 7) is 10.8. The van der Waals surface area contributed by atoms with Crippen LogP contribution in [-0.2, 0) is 129 Å². The number of hydrogen-bond acceptors (Lipinski definition) is 15. The molecule has 0 saturated carbocycles. The van der Waals surface area contributed by atoms with Gasteiger partial charge in [-0.3, -0.25) is 9.59 Å². The van der Waals surface area contributed by atoms with Crippen molar-refractivity contribution in [2.75, 3.05) is 12.1 Å². The third kappa shape index (κ3) is 23.3. The molecule has 0 saturated heterocycles. The van der Waals surface area contributed by atoms with Crippen molar-refractivity contribution in [2.24, 2.45) is 0 Å². The third-order valence-electron chi connectivity index (χ3n) is 24.1. The Hall–Kier alpha value is -13.4. The summed E-state index contributed by atoms with van der Waals surface area (Å²) in [6, 6.07) is 92.6. The Bertz CT molecular complexity index is 5990. The number of benzene rings is 11. The van der Waals surface area contributed by atoms with E-state index in [-0.39, 0.29) is 53.8 Å². The molecule has 4 N–H and O–H groups in total. The van der Waals surface area contributed by atoms with Crippen LogP contribution in [0.1, 0.15) is 171 Å². The Kier molecular flexibility index (Phi) is 29.6. The van der Waals surface area contributed by atoms with Gasteiger partial charge in [0, 0.05) is 66.5 Å². The Morgan fingerprint density at radius 2 is 0.713 bits per heavy atom. The molecule has 0 fully saturated rings. The number of amides is 2. The summed E-state index contributed by atoms with van der Waals surface area (Å²) in [7, 11) is 0. The number of anilines is 1. The van der Waals surface area contributed by atoms with Crippen molar-refractivity contribution in [2.45, 2.75) is 174 Å². The SMILES string of the molecule is CCc1ccc(CO[C@H]2C[C@@H](c3ccc4c(c3)Cc3ccccc3-4)C=C(C(=O)NCc3ccccc3)O2)cc1.CCc1ccc(CO[C@H]2C[C@@H](c3ccc4c(c3)Cc3ccccc3-4)C=C(C(=O)O)O2)cc1.CCc1ccc(CO[C@H]2C[C@@H](c3ccc4c(c3)OCO4)C=C(C(=O)O)O2)cc1.CCc1ccc(CO[C@H]2C[C@@H](c3cccs3)C=C(C(=O)Nc3ccccc3)O2)cc1. The normalized spacial score (nSPS) is 18.7. The van der Waals surface area contributed by atoms with Crippen molar-refractivity contribution < 1.29 is 76.8 Å². The number of thiophene rings is 1. The van der Waals surface area contributed by atoms with E-state index in [1.807, 2.05) is 127 Å². The molecular weight excluding hydrogens is 1640 g/mol. The monoisotopic (exact) mass is 1740 g/mol. The maximum Gasteiger partial charge on any atom is 0.370 e. The summed E-state index contributed by atoms with van der Waals surface area (Å²) in [4.78, 5) is 50.5. The highest BCUT2D eigenvalue weighted by atomic mass is 32.1. The number of hydrogen-bond donors (Lipinski definition) is 4. The Labute approximate surface area is 757 Å². The van der Waals surface area contributed by atoms with Gasteiger partial charge in [0.2, 0.25) is 43.5 Å². The van der Waals surface area contributed by atoms with Crippen LogP contribution in [0.5, 0.6) is 11.5 Å². The highest BCUT2D eigenvalue weighted by Crippen LogP contribution is 2.45. The van der Waals surface area contributed by atoms with Crippen molar-refractivity contribution in [1.29, 1.82) is 0 Å². The summed E-state index contributed by atoms with van der Waals surface area (Å²) in [6.07, 6.45) is 13.2. The molecule has 12 aromatic rings. The zero-order valence-corrected chi connectivity index (χ0v) is 73.6. The molecule has 7 aliphatic rings. The number of carbonyl (C=O) groups is 4. The molecule has 1 aromatic heterocycles. The van der Waals surface area contributed by atoms with Crippen molar-refractivity contribution in [3.8, 4) is 33.8 Å². The minimum Gasteiger partial charge on any atom is -0.475 e. The van der Waals surface area contributed by atoms with Crippen LogP contribution in [0, 0.1) is 0 Å². The third-order valence-corrected chi connectivity index (χ3v) is 25.1. The highest BCUT2D eigenvalue weighted by Gasteiger charge is 2.35. The molecule has 19 rings (SSSR count). The average Bonchev–Trinajstić information content (AvgIpc) is 1.64. The van der Waals surface area contributed by atoms with Gasteiger partial charge in [0.05, 0.1) is 26.4 Å². The molecule has 5 aliphatic heterocycles. The van der Waals surface area contributed by atoms with E-state index >= 15 is 0 Å². The molecule has 658 valence electrons. The predicted molar refractivity (Wildman–Crippen MR) is 499 cm³/mol. The van der Waals surface area contributed by atoms with Crippen LogP contribution >= 0.6 is 11.3 Å². The first-order chi connectivity index (χ1) is 63.1. The van der Waals surface area contributed by atoms with Crippen LogP contribution in [0.3, 0.4) is 0 Å². The second-order valence-corrected chi connectivity index (χ2v) is 33.8. The second-order valence-electron chi connectivity index (χ2n) is 32.8. The molecule has 18 nitrogen and oxygen atoms in total. The fourth-order valence-corrected chi connectivity index (χ4v) is 17.6. The lowest BCUT2D eigenvalue weighted by Crippen LogP contribution is -2.32. The maximum absolute atomic E-state index is 13.2. The molecule has 2 aliphatic carbocycles. The largest absolute Gasteiger partial charge is 0.475 e. The number of rotatable bonds is 27. The van der Waals surface area contributed by atoms with Gasteiger partial charge in [-0.25, -0.2) is 9.59 Å². The lowest BCUT2D eigenvalue weighted by atomic mass is 9.90. The van der Waals surface area contributed by atoms with Gasteiger partial charge in [0.25, 0.3) is 11.8 Å². The molecular formula is C110H106N2O16S. The minimum atomic E-state index is -1.11. The Balaban J connectivity index is 0.000000127. The molecule has 11 aromatic carbocycles. The van der Waals surface area contributed by atoms with Gasteiger partial charge < -0.3 is 68.2 Å². The topological polar surface area (TPSA) is 225 Å². The summed E-state index contributed by atoms with van der Waals surface area (Å²) < 4.78 is 58.2. The van der Waals surface area contributed by atoms with Crippen molar-refractivity contribution in [1.82, 2.24) is 5.32 Å². The number of carbonyl (C=O) groups excluding carboxylic acids is 2. The van der Waals surface area contributed by atoms with Gasteiger partial charge in [-0.05, 0) is 210 Å². The smallest absolute Gasteiger partial charge is 0.370 e. The van der Waals surface area contributed by atoms with Gasteiger partial charge in [-0.15, -0.1) is 11.3 Å². The summed E-state index contributed by atoms with van der Waals surface area (Å²) in [5, 5.41) is 27.0. The van der Waals surface area contributed by atoms with Gasteiger partial charge in [0.1, 0.15) is 0 Å². The van der Waals surface area contributed by atoms with Gasteiger partial charge in [0.15, 0.2) is 23.0 Å². The number of aliphatic carboxylic acids is 2. The maximum atomic E-state index is 13.2. The molecule has 129 heavy (non-hydrogen) atoms. The van der Waals surface area contributed by atoms with E-state index < -0.39 is 37.1 Å². The van der Waals surface area contributed by atoms with Gasteiger partial charge in [-0.2, -0.15) is 0 Å². The summed E-state index contributed by atoms with van der Waals surface area (Å²) in [5.74, 6) is -0.941. The average molecular weight is 1740 g/mol. The van der Waals surface area contributed by atoms with E-state index in [9.17, 15) is 29.4 Å². The van der Waals surface area contributed by atoms with Crippen LogP contribution < -0.4 is 20.1 Å². The number of carboxylic acid groups (broad SMARTS) is 2. The van der Waals surface area contributed by atoms with Crippen molar-refractivity contribution >= 4 is 40.8 Å². The number of ether oxygens (including phenoxy) is 10. The summed E-state index contributed by atoms with van der Waals surface area (Å²) >= 11 is 1.68. The molecule has 19 heteroatoms. The number of nitrogens with one attached hydrogen (secondary N) is 2. The number of carboxylic acids is 2. The Morgan fingerprint density at radius 3 is 1.15 bits per heavy atom. The minimum absolute atomic E-state index is 0.0118. The van der Waals surface area contributed by atoms with Crippen molar-refractivity contribution in [3.05, 3.63) is 420 Å². The fraction of sp³-hybridized carbons (Fsp3) is 0.255. The second kappa shape index (κ2) is 42.9. The van der Waals surface area contributed by atoms with Gasteiger partial charge in [-0.1, -0.05) is 270 Å². The molecule has 0 bridgehead atoms. The first-order valence-corrected chi connectivity index (χ1v) is 45.3. The Morgan fingerprint density at radius 1 is 0.349 bits per heavy atom. The van der Waals surface area contributed by atoms with Crippen molar-refractivity contribution in [3.63, 3.8) is 0 Å². The lowest BCUT2D eigenvalue weighted by Gasteiger charge is -2.29. The van der Waals surface area contributed by atoms with E-state index in [0.29, 0.717) is 81.7 Å². The van der Waals surface area contributed by atoms with Crippen LogP contribution in [0.4, 0.5) is 5.69 Å². The van der Waals surface area contributed by atoms with Crippen LogP contribution in [-0.4, -0.2) is 65.9 Å². The predicted octanol–water partition coefficient (Wildman–Crippen LogP) is 22.8. The molecule has 0 unspecified atom stereocenters. The van der Waals surface area contributed by atoms with E-state index in [2.05, 4.69) is 202 Å². The zero-order valence-electron chi connectivity index (χ0n) is 72.8. The van der Waals surface area contributed by atoms with E-state index in [4.69, 9.17) is 47.4 Å². The molecule has 2 amide bonds. The highest BCUT2D eigenvalue weighted by molar-refractivity contribution is 7.10. The number of para-hydroxylation sites is 1. The molecule has 0 spiro atoms. The van der Waals surface area contributed by atoms with Crippen LogP contribution in [0.25, 0.3) is 22.3 Å². The zero-order chi connectivity index (χ0) is 89.0. The quantitative estimate of drug-likeness (QED) is 0.0375. The number of aryl methyl sites for hydroxylation is 4. The first-order valence-electron chi connectivity index (χ1n) is 44.4. The van der Waals surface area contributed by atoms with E-state index in [1.54, 1.807) is 23.5 Å². The van der Waals surface area contributed by atoms with E-state index in [1.165, 1.54) is 77.2 Å². The number of fused-ring (bicyclic) bond motifs is 7. The first kappa shape index (κ1) is 89.0. The lowest BCUT2D eigenvalue weighted by molar-refractivity contribution is -0.160. The summed E-state index contributed by atoms with van der Waals surface area (Å²) in [5.41, 5.74) is 24.9.